The summed E-state index contributed by atoms with van der Waals surface area (Å²) in [6, 6.07) is 6.59. The van der Waals surface area contributed by atoms with Gasteiger partial charge in [-0.2, -0.15) is 0 Å². The van der Waals surface area contributed by atoms with Crippen LogP contribution in [0.1, 0.15) is 38.2 Å². The van der Waals surface area contributed by atoms with E-state index in [9.17, 15) is 0 Å². The van der Waals surface area contributed by atoms with Gasteiger partial charge >= 0.3 is 0 Å². The molecule has 5 heteroatoms. The first-order chi connectivity index (χ1) is 11.5. The van der Waals surface area contributed by atoms with Gasteiger partial charge in [0, 0.05) is 19.6 Å². The molecule has 0 unspecified atom stereocenters. The molecule has 1 fully saturated rings. The molecule has 0 saturated heterocycles. The maximum atomic E-state index is 5.58. The van der Waals surface area contributed by atoms with Gasteiger partial charge in [0.25, 0.3) is 0 Å². The number of hydrogen-bond donors (Lipinski definition) is 1. The Labute approximate surface area is 151 Å². The van der Waals surface area contributed by atoms with Crippen molar-refractivity contribution in [3.63, 3.8) is 0 Å². The molecule has 1 aliphatic carbocycles. The van der Waals surface area contributed by atoms with Crippen LogP contribution in [0, 0.1) is 5.92 Å². The highest BCUT2D eigenvalue weighted by Crippen LogP contribution is 2.28. The molecule has 2 atom stereocenters. The van der Waals surface area contributed by atoms with Crippen molar-refractivity contribution >= 4 is 17.3 Å². The normalized spacial score (nSPS) is 20.3. The molecule has 134 valence electrons. The standard InChI is InChI=1S/C19H30N2O2S/c1-14-7-5-6-8-16(14)20-19(24)21(2)12-11-15-9-10-17(22-3)18(13-15)23-4/h9-10,13-14,16H,5-8,11-12H2,1-4H3,(H,20,24)/t14-,16+/m1/s1. The van der Waals surface area contributed by atoms with Gasteiger partial charge in [-0.3, -0.25) is 0 Å². The SMILES string of the molecule is COc1ccc(CCN(C)C(=S)N[C@H]2CCCC[C@H]2C)cc1OC. The van der Waals surface area contributed by atoms with E-state index in [1.165, 1.54) is 31.2 Å². The second-order valence-electron chi connectivity index (χ2n) is 6.68. The minimum absolute atomic E-state index is 0.523. The number of benzene rings is 1. The summed E-state index contributed by atoms with van der Waals surface area (Å²) in [4.78, 5) is 2.13. The van der Waals surface area contributed by atoms with Crippen molar-refractivity contribution in [1.29, 1.82) is 0 Å². The van der Waals surface area contributed by atoms with Gasteiger partial charge in [-0.15, -0.1) is 0 Å². The van der Waals surface area contributed by atoms with E-state index in [2.05, 4.69) is 30.3 Å². The van der Waals surface area contributed by atoms with E-state index in [4.69, 9.17) is 21.7 Å². The highest BCUT2D eigenvalue weighted by molar-refractivity contribution is 7.80. The summed E-state index contributed by atoms with van der Waals surface area (Å²) in [7, 11) is 5.38. The molecule has 24 heavy (non-hydrogen) atoms. The number of likely N-dealkylation sites (N-methyl/N-ethyl adjacent to an activating group) is 1. The van der Waals surface area contributed by atoms with Gasteiger partial charge in [0.2, 0.25) is 0 Å². The van der Waals surface area contributed by atoms with Crippen LogP contribution in [0.2, 0.25) is 0 Å². The van der Waals surface area contributed by atoms with Crippen molar-refractivity contribution < 1.29 is 9.47 Å². The summed E-state index contributed by atoms with van der Waals surface area (Å²) < 4.78 is 10.7. The first kappa shape index (κ1) is 18.8. The van der Waals surface area contributed by atoms with Gasteiger partial charge < -0.3 is 19.7 Å². The molecule has 0 aromatic heterocycles. The number of hydrogen-bond acceptors (Lipinski definition) is 3. The number of methoxy groups -OCH3 is 2. The predicted molar refractivity (Wildman–Crippen MR) is 103 cm³/mol. The zero-order valence-corrected chi connectivity index (χ0v) is 16.1. The lowest BCUT2D eigenvalue weighted by Gasteiger charge is -2.33. The fraction of sp³-hybridized carbons (Fsp3) is 0.632. The molecule has 0 spiro atoms. The highest BCUT2D eigenvalue weighted by atomic mass is 32.1. The minimum Gasteiger partial charge on any atom is -0.493 e. The number of rotatable bonds is 6. The summed E-state index contributed by atoms with van der Waals surface area (Å²) in [6.45, 7) is 3.20. The Kier molecular flexibility index (Phi) is 7.16. The molecule has 2 rings (SSSR count). The van der Waals surface area contributed by atoms with E-state index in [1.54, 1.807) is 14.2 Å². The van der Waals surface area contributed by atoms with Crippen molar-refractivity contribution in [1.82, 2.24) is 10.2 Å². The lowest BCUT2D eigenvalue weighted by atomic mass is 9.86. The summed E-state index contributed by atoms with van der Waals surface area (Å²) in [5, 5.41) is 4.41. The molecular weight excluding hydrogens is 320 g/mol. The first-order valence-electron chi connectivity index (χ1n) is 8.77. The number of nitrogens with one attached hydrogen (secondary N) is 1. The fourth-order valence-electron chi connectivity index (χ4n) is 3.23. The van der Waals surface area contributed by atoms with Crippen LogP contribution in [0.3, 0.4) is 0 Å². The molecule has 0 aliphatic heterocycles. The highest BCUT2D eigenvalue weighted by Gasteiger charge is 2.22. The third-order valence-electron chi connectivity index (χ3n) is 4.95. The van der Waals surface area contributed by atoms with Gasteiger partial charge in [-0.25, -0.2) is 0 Å². The molecule has 0 amide bonds. The third-order valence-corrected chi connectivity index (χ3v) is 5.38. The zero-order chi connectivity index (χ0) is 17.5. The first-order valence-corrected chi connectivity index (χ1v) is 9.18. The second-order valence-corrected chi connectivity index (χ2v) is 7.07. The van der Waals surface area contributed by atoms with Crippen molar-refractivity contribution in [2.45, 2.75) is 45.1 Å². The molecule has 1 aliphatic rings. The maximum absolute atomic E-state index is 5.58. The van der Waals surface area contributed by atoms with Crippen LogP contribution in [0.4, 0.5) is 0 Å². The molecule has 1 aromatic carbocycles. The summed E-state index contributed by atoms with van der Waals surface area (Å²) in [5.41, 5.74) is 1.22. The van der Waals surface area contributed by atoms with Crippen LogP contribution in [0.25, 0.3) is 0 Å². The second kappa shape index (κ2) is 9.11. The molecule has 0 heterocycles. The Balaban J connectivity index is 1.85. The Morgan fingerprint density at radius 3 is 2.58 bits per heavy atom. The van der Waals surface area contributed by atoms with E-state index >= 15 is 0 Å². The topological polar surface area (TPSA) is 33.7 Å². The lowest BCUT2D eigenvalue weighted by molar-refractivity contribution is 0.301. The van der Waals surface area contributed by atoms with Gasteiger partial charge in [0.15, 0.2) is 16.6 Å². The van der Waals surface area contributed by atoms with E-state index in [1.807, 2.05) is 12.1 Å². The van der Waals surface area contributed by atoms with Crippen molar-refractivity contribution in [3.05, 3.63) is 23.8 Å². The molecule has 1 saturated carbocycles. The Morgan fingerprint density at radius 1 is 1.21 bits per heavy atom. The average Bonchev–Trinajstić information content (AvgIpc) is 2.61. The van der Waals surface area contributed by atoms with Crippen LogP contribution < -0.4 is 14.8 Å². The van der Waals surface area contributed by atoms with Gasteiger partial charge in [0.05, 0.1) is 14.2 Å². The fourth-order valence-corrected chi connectivity index (χ4v) is 3.48. The zero-order valence-electron chi connectivity index (χ0n) is 15.3. The van der Waals surface area contributed by atoms with Crippen LogP contribution in [-0.2, 0) is 6.42 Å². The maximum Gasteiger partial charge on any atom is 0.168 e. The molecule has 1 aromatic rings. The molecule has 0 radical (unpaired) electrons. The Hall–Kier alpha value is -1.49. The largest absolute Gasteiger partial charge is 0.493 e. The van der Waals surface area contributed by atoms with Gasteiger partial charge in [-0.05, 0) is 55.1 Å². The lowest BCUT2D eigenvalue weighted by Crippen LogP contribution is -2.47. The molecular formula is C19H30N2O2S. The summed E-state index contributed by atoms with van der Waals surface area (Å²) >= 11 is 5.58. The predicted octanol–water partition coefficient (Wildman–Crippen LogP) is 3.63. The Bertz CT molecular complexity index is 550. The van der Waals surface area contributed by atoms with Crippen molar-refractivity contribution in [2.75, 3.05) is 27.8 Å². The smallest absolute Gasteiger partial charge is 0.168 e. The van der Waals surface area contributed by atoms with E-state index in [-0.39, 0.29) is 0 Å². The van der Waals surface area contributed by atoms with Crippen LogP contribution in [0.15, 0.2) is 18.2 Å². The monoisotopic (exact) mass is 350 g/mol. The van der Waals surface area contributed by atoms with Crippen LogP contribution in [-0.4, -0.2) is 43.9 Å². The summed E-state index contributed by atoms with van der Waals surface area (Å²) in [5.74, 6) is 2.24. The Morgan fingerprint density at radius 2 is 1.92 bits per heavy atom. The molecule has 1 N–H and O–H groups in total. The van der Waals surface area contributed by atoms with Crippen molar-refractivity contribution in [2.24, 2.45) is 5.92 Å². The quantitative estimate of drug-likeness (QED) is 0.793. The van der Waals surface area contributed by atoms with Crippen molar-refractivity contribution in [3.8, 4) is 11.5 Å². The molecule has 4 nitrogen and oxygen atoms in total. The van der Waals surface area contributed by atoms with Crippen LogP contribution >= 0.6 is 12.2 Å². The number of thiocarbonyl (C=S) groups is 1. The van der Waals surface area contributed by atoms with Crippen LogP contribution in [0.5, 0.6) is 11.5 Å². The van der Waals surface area contributed by atoms with E-state index in [0.29, 0.717) is 12.0 Å². The minimum atomic E-state index is 0.523. The van der Waals surface area contributed by atoms with Gasteiger partial charge in [-0.1, -0.05) is 25.8 Å². The summed E-state index contributed by atoms with van der Waals surface area (Å²) in [6.07, 6.45) is 6.10. The van der Waals surface area contributed by atoms with E-state index < -0.39 is 0 Å². The average molecular weight is 351 g/mol. The van der Waals surface area contributed by atoms with Gasteiger partial charge in [0.1, 0.15) is 0 Å². The molecule has 0 bridgehead atoms. The number of ether oxygens (including phenoxy) is 2. The number of nitrogens with zero attached hydrogens (tertiary/aromatic N) is 1. The van der Waals surface area contributed by atoms with E-state index in [0.717, 1.165) is 29.6 Å². The third kappa shape index (κ3) is 5.00.